The average Bonchev–Trinajstić information content (AvgIpc) is 2.96. The lowest BCUT2D eigenvalue weighted by Crippen LogP contribution is -2.55. The molecule has 2 heteroatoms. The second-order valence-corrected chi connectivity index (χ2v) is 6.23. The number of piperidine rings is 1. The molecule has 2 nitrogen and oxygen atoms in total. The molecule has 2 aliphatic heterocycles. The van der Waals surface area contributed by atoms with Gasteiger partial charge in [0.15, 0.2) is 0 Å². The maximum absolute atomic E-state index is 2.74. The minimum absolute atomic E-state index is 0.705. The molecular formula is C13H24N2. The maximum Gasteiger partial charge on any atom is 0.0223 e. The molecule has 3 fully saturated rings. The highest BCUT2D eigenvalue weighted by Gasteiger charge is 2.40. The van der Waals surface area contributed by atoms with Crippen molar-refractivity contribution in [2.24, 2.45) is 5.41 Å². The van der Waals surface area contributed by atoms with Crippen LogP contribution in [0.4, 0.5) is 0 Å². The van der Waals surface area contributed by atoms with Gasteiger partial charge in [-0.2, -0.15) is 0 Å². The number of rotatable bonds is 2. The minimum atomic E-state index is 0.705. The van der Waals surface area contributed by atoms with E-state index < -0.39 is 0 Å². The van der Waals surface area contributed by atoms with Crippen molar-refractivity contribution in [3.8, 4) is 0 Å². The number of piperazine rings is 1. The Morgan fingerprint density at radius 2 is 2.00 bits per heavy atom. The zero-order chi connectivity index (χ0) is 10.3. The van der Waals surface area contributed by atoms with E-state index >= 15 is 0 Å². The first-order chi connectivity index (χ1) is 7.25. The molecule has 0 bridgehead atoms. The molecule has 0 aromatic heterocycles. The van der Waals surface area contributed by atoms with Gasteiger partial charge in [0.25, 0.3) is 0 Å². The Kier molecular flexibility index (Phi) is 2.52. The van der Waals surface area contributed by atoms with E-state index in [1.807, 2.05) is 0 Å². The van der Waals surface area contributed by atoms with Gasteiger partial charge < -0.3 is 0 Å². The zero-order valence-corrected chi connectivity index (χ0v) is 10.0. The van der Waals surface area contributed by atoms with Gasteiger partial charge in [0.1, 0.15) is 0 Å². The molecule has 1 unspecified atom stereocenters. The molecular weight excluding hydrogens is 184 g/mol. The van der Waals surface area contributed by atoms with Crippen LogP contribution in [0.1, 0.15) is 39.0 Å². The molecule has 2 heterocycles. The predicted molar refractivity (Wildman–Crippen MR) is 63.0 cm³/mol. The molecule has 86 valence electrons. The van der Waals surface area contributed by atoms with Crippen molar-refractivity contribution in [1.29, 1.82) is 0 Å². The molecule has 0 aromatic carbocycles. The van der Waals surface area contributed by atoms with Crippen LogP contribution in [-0.2, 0) is 0 Å². The molecule has 0 N–H and O–H groups in total. The van der Waals surface area contributed by atoms with Gasteiger partial charge in [-0.25, -0.2) is 0 Å². The van der Waals surface area contributed by atoms with Crippen LogP contribution in [-0.4, -0.2) is 48.6 Å². The van der Waals surface area contributed by atoms with E-state index in [9.17, 15) is 0 Å². The lowest BCUT2D eigenvalue weighted by molar-refractivity contribution is 0.0409. The largest absolute Gasteiger partial charge is 0.300 e. The first-order valence-corrected chi connectivity index (χ1v) is 6.72. The Morgan fingerprint density at radius 3 is 2.80 bits per heavy atom. The fraction of sp³-hybridized carbons (Fsp3) is 1.00. The summed E-state index contributed by atoms with van der Waals surface area (Å²) < 4.78 is 0. The second kappa shape index (κ2) is 3.74. The predicted octanol–water partition coefficient (Wildman–Crippen LogP) is 1.96. The Balaban J connectivity index is 1.55. The van der Waals surface area contributed by atoms with Gasteiger partial charge in [0.05, 0.1) is 0 Å². The summed E-state index contributed by atoms with van der Waals surface area (Å²) in [7, 11) is 0. The van der Waals surface area contributed by atoms with Crippen molar-refractivity contribution in [1.82, 2.24) is 9.80 Å². The van der Waals surface area contributed by atoms with E-state index in [2.05, 4.69) is 16.7 Å². The molecule has 0 spiro atoms. The third-order valence-electron chi connectivity index (χ3n) is 4.63. The van der Waals surface area contributed by atoms with E-state index in [-0.39, 0.29) is 0 Å². The third-order valence-corrected chi connectivity index (χ3v) is 4.63. The summed E-state index contributed by atoms with van der Waals surface area (Å²) in [4.78, 5) is 5.47. The highest BCUT2D eigenvalue weighted by Crippen LogP contribution is 2.45. The van der Waals surface area contributed by atoms with Gasteiger partial charge in [-0.15, -0.1) is 0 Å². The van der Waals surface area contributed by atoms with Crippen LogP contribution in [0.3, 0.4) is 0 Å². The molecule has 2 saturated heterocycles. The van der Waals surface area contributed by atoms with E-state index in [1.165, 1.54) is 64.8 Å². The lowest BCUT2D eigenvalue weighted by atomic mass is 9.98. The molecule has 15 heavy (non-hydrogen) atoms. The van der Waals surface area contributed by atoms with Gasteiger partial charge in [-0.05, 0) is 37.6 Å². The molecule has 1 atom stereocenters. The van der Waals surface area contributed by atoms with Crippen LogP contribution in [0.25, 0.3) is 0 Å². The van der Waals surface area contributed by atoms with E-state index in [0.717, 1.165) is 6.04 Å². The van der Waals surface area contributed by atoms with E-state index in [0.29, 0.717) is 5.41 Å². The van der Waals surface area contributed by atoms with Crippen molar-refractivity contribution in [3.05, 3.63) is 0 Å². The van der Waals surface area contributed by atoms with Gasteiger partial charge in [-0.1, -0.05) is 13.3 Å². The SMILES string of the molecule is CC1(CN2CCN3CCCCC3C2)CC1. The maximum atomic E-state index is 2.74. The number of fused-ring (bicyclic) bond motifs is 1. The van der Waals surface area contributed by atoms with Gasteiger partial charge >= 0.3 is 0 Å². The Labute approximate surface area is 93.6 Å². The van der Waals surface area contributed by atoms with Crippen molar-refractivity contribution in [2.75, 3.05) is 32.7 Å². The first-order valence-electron chi connectivity index (χ1n) is 6.72. The van der Waals surface area contributed by atoms with Crippen LogP contribution in [0.2, 0.25) is 0 Å². The fourth-order valence-corrected chi connectivity index (χ4v) is 3.28. The van der Waals surface area contributed by atoms with Crippen LogP contribution < -0.4 is 0 Å². The summed E-state index contributed by atoms with van der Waals surface area (Å²) in [5.74, 6) is 0. The van der Waals surface area contributed by atoms with Gasteiger partial charge in [0, 0.05) is 32.2 Å². The summed E-state index contributed by atoms with van der Waals surface area (Å²) in [6.07, 6.45) is 7.30. The van der Waals surface area contributed by atoms with Crippen LogP contribution >= 0.6 is 0 Å². The van der Waals surface area contributed by atoms with Gasteiger partial charge in [-0.3, -0.25) is 9.80 Å². The Morgan fingerprint density at radius 1 is 1.13 bits per heavy atom. The summed E-state index contributed by atoms with van der Waals surface area (Å²) in [6.45, 7) is 9.22. The first kappa shape index (κ1) is 10.1. The summed E-state index contributed by atoms with van der Waals surface area (Å²) in [6, 6.07) is 0.898. The number of nitrogens with zero attached hydrogens (tertiary/aromatic N) is 2. The monoisotopic (exact) mass is 208 g/mol. The molecule has 3 rings (SSSR count). The van der Waals surface area contributed by atoms with Gasteiger partial charge in [0.2, 0.25) is 0 Å². The van der Waals surface area contributed by atoms with E-state index in [1.54, 1.807) is 0 Å². The summed E-state index contributed by atoms with van der Waals surface area (Å²) >= 11 is 0. The van der Waals surface area contributed by atoms with Crippen LogP contribution in [0, 0.1) is 5.41 Å². The molecule has 3 aliphatic rings. The van der Waals surface area contributed by atoms with E-state index in [4.69, 9.17) is 0 Å². The minimum Gasteiger partial charge on any atom is -0.300 e. The highest BCUT2D eigenvalue weighted by molar-refractivity contribution is 4.94. The molecule has 0 aromatic rings. The standard InChI is InChI=1S/C13H24N2/c1-13(5-6-13)11-14-8-9-15-7-3-2-4-12(15)10-14/h12H,2-11H2,1H3. The normalized spacial score (nSPS) is 36.2. The second-order valence-electron chi connectivity index (χ2n) is 6.23. The summed E-state index contributed by atoms with van der Waals surface area (Å²) in [5, 5.41) is 0. The topological polar surface area (TPSA) is 6.48 Å². The van der Waals surface area contributed by atoms with Crippen molar-refractivity contribution in [3.63, 3.8) is 0 Å². The fourth-order valence-electron chi connectivity index (χ4n) is 3.28. The van der Waals surface area contributed by atoms with Crippen molar-refractivity contribution in [2.45, 2.75) is 45.1 Å². The zero-order valence-electron chi connectivity index (χ0n) is 10.0. The molecule has 1 saturated carbocycles. The number of hydrogen-bond acceptors (Lipinski definition) is 2. The smallest absolute Gasteiger partial charge is 0.0223 e. The number of hydrogen-bond donors (Lipinski definition) is 0. The van der Waals surface area contributed by atoms with Crippen molar-refractivity contribution >= 4 is 0 Å². The molecule has 0 amide bonds. The van der Waals surface area contributed by atoms with Crippen molar-refractivity contribution < 1.29 is 0 Å². The average molecular weight is 208 g/mol. The highest BCUT2D eigenvalue weighted by atomic mass is 15.3. The molecule has 0 radical (unpaired) electrons. The lowest BCUT2D eigenvalue weighted by Gasteiger charge is -2.44. The quantitative estimate of drug-likeness (QED) is 0.684. The van der Waals surface area contributed by atoms with Crippen LogP contribution in [0.15, 0.2) is 0 Å². The Hall–Kier alpha value is -0.0800. The third kappa shape index (κ3) is 2.21. The molecule has 1 aliphatic carbocycles. The summed E-state index contributed by atoms with van der Waals surface area (Å²) in [5.41, 5.74) is 0.705. The Bertz CT molecular complexity index is 235. The van der Waals surface area contributed by atoms with Crippen LogP contribution in [0.5, 0.6) is 0 Å².